The van der Waals surface area contributed by atoms with Crippen LogP contribution < -0.4 is 11.1 Å². The highest BCUT2D eigenvalue weighted by molar-refractivity contribution is 7.80. The van der Waals surface area contributed by atoms with Gasteiger partial charge in [0.25, 0.3) is 0 Å². The summed E-state index contributed by atoms with van der Waals surface area (Å²) in [6.45, 7) is 0. The SMILES string of the molecule is Nc1nc(Nc2ccccc2)nc(C(S)c2ccccn2)n1. The first-order chi connectivity index (χ1) is 10.7. The second-order valence-electron chi connectivity index (χ2n) is 4.52. The van der Waals surface area contributed by atoms with Crippen LogP contribution in [0.25, 0.3) is 0 Å². The molecule has 0 saturated carbocycles. The number of nitrogens with one attached hydrogen (secondary N) is 1. The van der Waals surface area contributed by atoms with E-state index < -0.39 is 0 Å². The Hall–Kier alpha value is -2.67. The van der Waals surface area contributed by atoms with E-state index in [1.54, 1.807) is 6.20 Å². The van der Waals surface area contributed by atoms with Crippen molar-refractivity contribution in [3.05, 3.63) is 66.2 Å². The van der Waals surface area contributed by atoms with E-state index in [1.165, 1.54) is 0 Å². The highest BCUT2D eigenvalue weighted by Gasteiger charge is 2.16. The summed E-state index contributed by atoms with van der Waals surface area (Å²) < 4.78 is 0. The number of nitrogen functional groups attached to an aromatic ring is 1. The van der Waals surface area contributed by atoms with Crippen LogP contribution in [0, 0.1) is 0 Å². The lowest BCUT2D eigenvalue weighted by Gasteiger charge is -2.11. The Bertz CT molecular complexity index is 750. The van der Waals surface area contributed by atoms with Crippen molar-refractivity contribution >= 4 is 30.2 Å². The Balaban J connectivity index is 1.90. The lowest BCUT2D eigenvalue weighted by Crippen LogP contribution is -2.09. The first-order valence-corrected chi connectivity index (χ1v) is 7.16. The molecule has 0 fully saturated rings. The first kappa shape index (κ1) is 14.3. The third-order valence-electron chi connectivity index (χ3n) is 2.91. The topological polar surface area (TPSA) is 89.6 Å². The van der Waals surface area contributed by atoms with Gasteiger partial charge in [0.1, 0.15) is 5.25 Å². The zero-order chi connectivity index (χ0) is 15.4. The van der Waals surface area contributed by atoms with Crippen LogP contribution in [0.4, 0.5) is 17.6 Å². The average Bonchev–Trinajstić information content (AvgIpc) is 2.55. The van der Waals surface area contributed by atoms with Gasteiger partial charge in [0.05, 0.1) is 5.69 Å². The monoisotopic (exact) mass is 310 g/mol. The number of hydrogen-bond donors (Lipinski definition) is 3. The van der Waals surface area contributed by atoms with Crippen molar-refractivity contribution in [3.63, 3.8) is 0 Å². The van der Waals surface area contributed by atoms with Crippen LogP contribution in [0.3, 0.4) is 0 Å². The van der Waals surface area contributed by atoms with Gasteiger partial charge in [-0.1, -0.05) is 24.3 Å². The molecule has 0 spiro atoms. The Morgan fingerprint density at radius 1 is 0.955 bits per heavy atom. The van der Waals surface area contributed by atoms with E-state index in [1.807, 2.05) is 48.5 Å². The van der Waals surface area contributed by atoms with Gasteiger partial charge in [-0.15, -0.1) is 0 Å². The fourth-order valence-electron chi connectivity index (χ4n) is 1.91. The van der Waals surface area contributed by atoms with E-state index in [9.17, 15) is 0 Å². The number of thiol groups is 1. The van der Waals surface area contributed by atoms with Gasteiger partial charge in [0.2, 0.25) is 11.9 Å². The van der Waals surface area contributed by atoms with Crippen molar-refractivity contribution in [3.8, 4) is 0 Å². The van der Waals surface area contributed by atoms with Gasteiger partial charge >= 0.3 is 0 Å². The number of rotatable bonds is 4. The Kier molecular flexibility index (Phi) is 4.15. The lowest BCUT2D eigenvalue weighted by atomic mass is 10.2. The van der Waals surface area contributed by atoms with Gasteiger partial charge < -0.3 is 11.1 Å². The standard InChI is InChI=1S/C15H14N6S/c16-14-19-13(12(22)11-8-4-5-9-17-11)20-15(21-14)18-10-6-2-1-3-7-10/h1-9,12,22H,(H3,16,18,19,20,21). The largest absolute Gasteiger partial charge is 0.368 e. The molecule has 3 rings (SSSR count). The minimum absolute atomic E-state index is 0.137. The van der Waals surface area contributed by atoms with Crippen LogP contribution in [0.15, 0.2) is 54.7 Å². The van der Waals surface area contributed by atoms with Gasteiger partial charge in [0, 0.05) is 11.9 Å². The molecule has 0 amide bonds. The number of para-hydroxylation sites is 1. The van der Waals surface area contributed by atoms with Gasteiger partial charge in [-0.25, -0.2) is 0 Å². The predicted molar refractivity (Wildman–Crippen MR) is 89.0 cm³/mol. The number of anilines is 3. The maximum absolute atomic E-state index is 5.77. The van der Waals surface area contributed by atoms with Gasteiger partial charge in [0.15, 0.2) is 5.82 Å². The number of nitrogens with zero attached hydrogens (tertiary/aromatic N) is 4. The third-order valence-corrected chi connectivity index (χ3v) is 3.41. The summed E-state index contributed by atoms with van der Waals surface area (Å²) in [5, 5.41) is 2.72. The van der Waals surface area contributed by atoms with Crippen LogP contribution in [-0.2, 0) is 0 Å². The minimum atomic E-state index is -0.372. The molecule has 22 heavy (non-hydrogen) atoms. The Morgan fingerprint density at radius 3 is 2.45 bits per heavy atom. The Morgan fingerprint density at radius 2 is 1.73 bits per heavy atom. The molecule has 6 nitrogen and oxygen atoms in total. The second kappa shape index (κ2) is 6.40. The van der Waals surface area contributed by atoms with Crippen molar-refractivity contribution in [2.45, 2.75) is 5.25 Å². The van der Waals surface area contributed by atoms with Crippen molar-refractivity contribution in [2.75, 3.05) is 11.1 Å². The van der Waals surface area contributed by atoms with Gasteiger partial charge in [-0.05, 0) is 24.3 Å². The molecule has 0 aliphatic carbocycles. The minimum Gasteiger partial charge on any atom is -0.368 e. The first-order valence-electron chi connectivity index (χ1n) is 6.65. The molecule has 0 aliphatic heterocycles. The van der Waals surface area contributed by atoms with E-state index in [0.717, 1.165) is 11.4 Å². The zero-order valence-corrected chi connectivity index (χ0v) is 12.5. The van der Waals surface area contributed by atoms with Crippen LogP contribution >= 0.6 is 12.6 Å². The molecule has 2 heterocycles. The van der Waals surface area contributed by atoms with Crippen molar-refractivity contribution < 1.29 is 0 Å². The quantitative estimate of drug-likeness (QED) is 0.642. The number of pyridine rings is 1. The zero-order valence-electron chi connectivity index (χ0n) is 11.6. The summed E-state index contributed by atoms with van der Waals surface area (Å²) in [6, 6.07) is 15.2. The second-order valence-corrected chi connectivity index (χ2v) is 5.04. The molecule has 2 aromatic heterocycles. The Labute approximate surface area is 133 Å². The number of benzene rings is 1. The maximum atomic E-state index is 5.77. The van der Waals surface area contributed by atoms with Crippen LogP contribution in [-0.4, -0.2) is 19.9 Å². The van der Waals surface area contributed by atoms with E-state index in [-0.39, 0.29) is 11.2 Å². The fourth-order valence-corrected chi connectivity index (χ4v) is 2.18. The summed E-state index contributed by atoms with van der Waals surface area (Å²) in [5.74, 6) is 0.968. The molecule has 3 N–H and O–H groups in total. The van der Waals surface area contributed by atoms with E-state index in [0.29, 0.717) is 11.8 Å². The molecule has 7 heteroatoms. The molecule has 0 bridgehead atoms. The molecule has 1 unspecified atom stereocenters. The molecule has 0 aliphatic rings. The summed E-state index contributed by atoms with van der Waals surface area (Å²) in [4.78, 5) is 16.9. The maximum Gasteiger partial charge on any atom is 0.232 e. The normalized spacial score (nSPS) is 11.9. The molecular formula is C15H14N6S. The van der Waals surface area contributed by atoms with Gasteiger partial charge in [-0.3, -0.25) is 4.98 Å². The number of aromatic nitrogens is 4. The number of hydrogen-bond acceptors (Lipinski definition) is 7. The molecule has 0 radical (unpaired) electrons. The van der Waals surface area contributed by atoms with Crippen molar-refractivity contribution in [1.82, 2.24) is 19.9 Å². The predicted octanol–water partition coefficient (Wildman–Crippen LogP) is 2.61. The summed E-state index contributed by atoms with van der Waals surface area (Å²) >= 11 is 4.53. The van der Waals surface area contributed by atoms with Crippen molar-refractivity contribution in [1.29, 1.82) is 0 Å². The smallest absolute Gasteiger partial charge is 0.232 e. The molecular weight excluding hydrogens is 296 g/mol. The molecule has 3 aromatic rings. The summed E-state index contributed by atoms with van der Waals surface area (Å²) in [5.41, 5.74) is 7.39. The highest BCUT2D eigenvalue weighted by Crippen LogP contribution is 2.25. The average molecular weight is 310 g/mol. The molecule has 1 atom stereocenters. The highest BCUT2D eigenvalue weighted by atomic mass is 32.1. The van der Waals surface area contributed by atoms with E-state index >= 15 is 0 Å². The summed E-state index contributed by atoms with van der Waals surface area (Å²) in [7, 11) is 0. The molecule has 110 valence electrons. The third kappa shape index (κ3) is 3.32. The van der Waals surface area contributed by atoms with E-state index in [4.69, 9.17) is 5.73 Å². The molecule has 1 aromatic carbocycles. The number of nitrogens with two attached hydrogens (primary N) is 1. The van der Waals surface area contributed by atoms with Crippen LogP contribution in [0.2, 0.25) is 0 Å². The van der Waals surface area contributed by atoms with Crippen molar-refractivity contribution in [2.24, 2.45) is 0 Å². The van der Waals surface area contributed by atoms with E-state index in [2.05, 4.69) is 37.9 Å². The summed E-state index contributed by atoms with van der Waals surface area (Å²) in [6.07, 6.45) is 1.70. The van der Waals surface area contributed by atoms with Crippen LogP contribution in [0.5, 0.6) is 0 Å². The fraction of sp³-hybridized carbons (Fsp3) is 0.0667. The lowest BCUT2D eigenvalue weighted by molar-refractivity contribution is 0.901. The molecule has 0 saturated heterocycles. The van der Waals surface area contributed by atoms with Crippen LogP contribution in [0.1, 0.15) is 16.8 Å². The van der Waals surface area contributed by atoms with Gasteiger partial charge in [-0.2, -0.15) is 27.6 Å².